The molecule has 1 aromatic rings. The number of rotatable bonds is 6. The van der Waals surface area contributed by atoms with Gasteiger partial charge in [-0.3, -0.25) is 0 Å². The molecule has 1 aliphatic heterocycles. The zero-order chi connectivity index (χ0) is 15.2. The fourth-order valence-corrected chi connectivity index (χ4v) is 3.30. The topological polar surface area (TPSA) is 55.0 Å². The van der Waals surface area contributed by atoms with Crippen molar-refractivity contribution in [3.63, 3.8) is 0 Å². The Morgan fingerprint density at radius 2 is 1.76 bits per heavy atom. The SMILES string of the molecule is CC[NH+]1CC[NH+]([C@H](C[NH3+])c2ccc(OC)c(OC)c2)CC1. The summed E-state index contributed by atoms with van der Waals surface area (Å²) < 4.78 is 10.8. The van der Waals surface area contributed by atoms with Crippen LogP contribution in [-0.2, 0) is 0 Å². The van der Waals surface area contributed by atoms with Crippen LogP contribution in [0.25, 0.3) is 0 Å². The van der Waals surface area contributed by atoms with Gasteiger partial charge in [0, 0.05) is 5.56 Å². The number of hydrogen-bond donors (Lipinski definition) is 3. The van der Waals surface area contributed by atoms with E-state index in [0.29, 0.717) is 6.04 Å². The first kappa shape index (κ1) is 16.1. The summed E-state index contributed by atoms with van der Waals surface area (Å²) in [7, 11) is 3.37. The second kappa shape index (κ2) is 7.64. The Balaban J connectivity index is 2.14. The molecule has 0 aromatic heterocycles. The van der Waals surface area contributed by atoms with Crippen LogP contribution in [-0.4, -0.2) is 53.5 Å². The van der Waals surface area contributed by atoms with Crippen molar-refractivity contribution in [1.82, 2.24) is 0 Å². The molecule has 5 N–H and O–H groups in total. The molecule has 1 heterocycles. The van der Waals surface area contributed by atoms with Gasteiger partial charge in [0.1, 0.15) is 32.7 Å². The van der Waals surface area contributed by atoms with E-state index in [1.165, 1.54) is 38.3 Å². The fourth-order valence-electron chi connectivity index (χ4n) is 3.30. The molecule has 0 aliphatic carbocycles. The van der Waals surface area contributed by atoms with Crippen LogP contribution in [0, 0.1) is 0 Å². The first-order chi connectivity index (χ1) is 10.2. The normalized spacial score (nSPS) is 23.6. The van der Waals surface area contributed by atoms with Crippen molar-refractivity contribution in [2.24, 2.45) is 0 Å². The molecule has 0 saturated carbocycles. The third-order valence-electron chi connectivity index (χ3n) is 4.69. The van der Waals surface area contributed by atoms with E-state index in [1.54, 1.807) is 24.0 Å². The number of ether oxygens (including phenoxy) is 2. The predicted molar refractivity (Wildman–Crippen MR) is 82.0 cm³/mol. The van der Waals surface area contributed by atoms with Crippen LogP contribution >= 0.6 is 0 Å². The van der Waals surface area contributed by atoms with Crippen molar-refractivity contribution < 1.29 is 25.0 Å². The first-order valence-electron chi connectivity index (χ1n) is 7.92. The van der Waals surface area contributed by atoms with Gasteiger partial charge in [0.2, 0.25) is 0 Å². The fraction of sp³-hybridized carbons (Fsp3) is 0.625. The summed E-state index contributed by atoms with van der Waals surface area (Å²) in [6.07, 6.45) is 0. The lowest BCUT2D eigenvalue weighted by Gasteiger charge is -2.33. The van der Waals surface area contributed by atoms with E-state index in [-0.39, 0.29) is 0 Å². The first-order valence-corrected chi connectivity index (χ1v) is 7.92. The highest BCUT2D eigenvalue weighted by Gasteiger charge is 2.30. The molecule has 0 radical (unpaired) electrons. The van der Waals surface area contributed by atoms with Crippen LogP contribution in [0.3, 0.4) is 0 Å². The van der Waals surface area contributed by atoms with E-state index in [0.717, 1.165) is 18.0 Å². The van der Waals surface area contributed by atoms with Crippen molar-refractivity contribution in [2.45, 2.75) is 13.0 Å². The van der Waals surface area contributed by atoms with E-state index in [2.05, 4.69) is 24.8 Å². The number of piperazine rings is 1. The standard InChI is InChI=1S/C16H27N3O2/c1-4-18-7-9-19(10-8-18)14(12-17)13-5-6-15(20-2)16(11-13)21-3/h5-6,11,14H,4,7-10,12,17H2,1-3H3/p+3/t14-/m1/s1. The number of hydrogen-bond acceptors (Lipinski definition) is 2. The Hall–Kier alpha value is -1.30. The van der Waals surface area contributed by atoms with Gasteiger partial charge in [-0.1, -0.05) is 0 Å². The molecule has 1 saturated heterocycles. The van der Waals surface area contributed by atoms with Crippen molar-refractivity contribution in [1.29, 1.82) is 0 Å². The van der Waals surface area contributed by atoms with Gasteiger partial charge < -0.3 is 25.0 Å². The summed E-state index contributed by atoms with van der Waals surface area (Å²) in [4.78, 5) is 3.36. The van der Waals surface area contributed by atoms with Crippen molar-refractivity contribution in [3.8, 4) is 11.5 Å². The van der Waals surface area contributed by atoms with Crippen molar-refractivity contribution >= 4 is 0 Å². The number of quaternary nitrogens is 3. The molecule has 0 bridgehead atoms. The Morgan fingerprint density at radius 3 is 2.29 bits per heavy atom. The number of nitrogens with one attached hydrogen (secondary N) is 2. The third kappa shape index (κ3) is 3.67. The molecule has 1 aliphatic rings. The highest BCUT2D eigenvalue weighted by atomic mass is 16.5. The van der Waals surface area contributed by atoms with E-state index in [9.17, 15) is 0 Å². The van der Waals surface area contributed by atoms with Gasteiger partial charge in [-0.2, -0.15) is 0 Å². The molecule has 1 atom stereocenters. The van der Waals surface area contributed by atoms with Gasteiger partial charge in [-0.25, -0.2) is 0 Å². The Morgan fingerprint density at radius 1 is 1.10 bits per heavy atom. The average molecular weight is 296 g/mol. The second-order valence-electron chi connectivity index (χ2n) is 5.72. The summed E-state index contributed by atoms with van der Waals surface area (Å²) in [6.45, 7) is 9.37. The van der Waals surface area contributed by atoms with E-state index in [4.69, 9.17) is 9.47 Å². The lowest BCUT2D eigenvalue weighted by Crippen LogP contribution is -3.28. The van der Waals surface area contributed by atoms with Crippen molar-refractivity contribution in [2.75, 3.05) is 53.5 Å². The number of benzene rings is 1. The maximum atomic E-state index is 5.43. The van der Waals surface area contributed by atoms with Crippen LogP contribution in [0.15, 0.2) is 18.2 Å². The molecule has 0 unspecified atom stereocenters. The van der Waals surface area contributed by atoms with Crippen LogP contribution in [0.5, 0.6) is 11.5 Å². The zero-order valence-corrected chi connectivity index (χ0v) is 13.6. The van der Waals surface area contributed by atoms with E-state index in [1.807, 2.05) is 6.07 Å². The highest BCUT2D eigenvalue weighted by molar-refractivity contribution is 5.43. The van der Waals surface area contributed by atoms with Crippen LogP contribution in [0.4, 0.5) is 0 Å². The molecule has 5 nitrogen and oxygen atoms in total. The summed E-state index contributed by atoms with van der Waals surface area (Å²) in [5, 5.41) is 0. The van der Waals surface area contributed by atoms with Gasteiger partial charge in [0.15, 0.2) is 17.5 Å². The molecule has 0 spiro atoms. The molecule has 118 valence electrons. The Kier molecular flexibility index (Phi) is 5.85. The molecular formula is C16H30N3O2+3. The van der Waals surface area contributed by atoms with Gasteiger partial charge in [0.25, 0.3) is 0 Å². The summed E-state index contributed by atoms with van der Waals surface area (Å²) in [5.74, 6) is 1.60. The quantitative estimate of drug-likeness (QED) is 0.558. The maximum absolute atomic E-state index is 5.43. The van der Waals surface area contributed by atoms with Crippen LogP contribution in [0.1, 0.15) is 18.5 Å². The van der Waals surface area contributed by atoms with E-state index >= 15 is 0 Å². The van der Waals surface area contributed by atoms with Gasteiger partial charge in [0.05, 0.1) is 20.8 Å². The lowest BCUT2D eigenvalue weighted by molar-refractivity contribution is -1.03. The molecule has 21 heavy (non-hydrogen) atoms. The molecule has 1 fully saturated rings. The number of methoxy groups -OCH3 is 2. The molecule has 2 rings (SSSR count). The molecular weight excluding hydrogens is 266 g/mol. The van der Waals surface area contributed by atoms with E-state index < -0.39 is 0 Å². The summed E-state index contributed by atoms with van der Waals surface area (Å²) in [5.41, 5.74) is 5.48. The predicted octanol–water partition coefficient (Wildman–Crippen LogP) is -2.21. The van der Waals surface area contributed by atoms with Gasteiger partial charge in [-0.05, 0) is 25.1 Å². The maximum Gasteiger partial charge on any atom is 0.163 e. The third-order valence-corrected chi connectivity index (χ3v) is 4.69. The summed E-state index contributed by atoms with van der Waals surface area (Å²) in [6, 6.07) is 6.72. The minimum absolute atomic E-state index is 0.447. The Labute approximate surface area is 127 Å². The van der Waals surface area contributed by atoms with Crippen molar-refractivity contribution in [3.05, 3.63) is 23.8 Å². The summed E-state index contributed by atoms with van der Waals surface area (Å²) >= 11 is 0. The minimum Gasteiger partial charge on any atom is -0.493 e. The van der Waals surface area contributed by atoms with Crippen LogP contribution < -0.4 is 25.0 Å². The largest absolute Gasteiger partial charge is 0.493 e. The Bertz CT molecular complexity index is 445. The van der Waals surface area contributed by atoms with Crippen LogP contribution in [0.2, 0.25) is 0 Å². The zero-order valence-electron chi connectivity index (χ0n) is 13.6. The minimum atomic E-state index is 0.447. The molecule has 0 amide bonds. The smallest absolute Gasteiger partial charge is 0.163 e. The number of likely N-dealkylation sites (N-methyl/N-ethyl adjacent to an activating group) is 1. The lowest BCUT2D eigenvalue weighted by atomic mass is 10.0. The second-order valence-corrected chi connectivity index (χ2v) is 5.72. The highest BCUT2D eigenvalue weighted by Crippen LogP contribution is 2.29. The average Bonchev–Trinajstić information content (AvgIpc) is 2.56. The van der Waals surface area contributed by atoms with Gasteiger partial charge in [-0.15, -0.1) is 0 Å². The molecule has 5 heteroatoms. The molecule has 1 aromatic carbocycles. The monoisotopic (exact) mass is 296 g/mol. The van der Waals surface area contributed by atoms with Gasteiger partial charge >= 0.3 is 0 Å².